The van der Waals surface area contributed by atoms with Crippen LogP contribution in [0.5, 0.6) is 0 Å². The number of aliphatic hydroxyl groups excluding tert-OH is 3. The molecule has 0 aromatic carbocycles. The maximum atomic E-state index is 12.3. The number of nitrogens with one attached hydrogen (secondary N) is 1. The standard InChI is InChI=1S/C33H61NO4/c1-3-5-7-9-11-13-14-15-16-17-19-21-23-25-27-32(37)31(29-35)34-33(38)28-30(36)26-24-22-20-18-12-10-8-6-4-2/h10,12,17,19,25,27,30-32,35-37H,3-9,11,13-16,18,20-24,26,28-29H2,1-2H3,(H,34,38)/b12-10-,19-17+,27-25+. The molecule has 0 aliphatic carbocycles. The van der Waals surface area contributed by atoms with Gasteiger partial charge in [-0.15, -0.1) is 0 Å². The lowest BCUT2D eigenvalue weighted by atomic mass is 10.1. The van der Waals surface area contributed by atoms with Crippen molar-refractivity contribution in [2.75, 3.05) is 6.61 Å². The molecule has 0 aromatic rings. The van der Waals surface area contributed by atoms with E-state index in [1.807, 2.05) is 6.08 Å². The molecule has 3 atom stereocenters. The molecule has 0 aliphatic rings. The largest absolute Gasteiger partial charge is 0.394 e. The number of hydrogen-bond acceptors (Lipinski definition) is 4. The summed E-state index contributed by atoms with van der Waals surface area (Å²) in [7, 11) is 0. The van der Waals surface area contributed by atoms with Gasteiger partial charge in [-0.25, -0.2) is 0 Å². The van der Waals surface area contributed by atoms with E-state index in [1.54, 1.807) is 6.08 Å². The highest BCUT2D eigenvalue weighted by atomic mass is 16.3. The predicted molar refractivity (Wildman–Crippen MR) is 162 cm³/mol. The van der Waals surface area contributed by atoms with E-state index in [1.165, 1.54) is 64.2 Å². The van der Waals surface area contributed by atoms with Crippen molar-refractivity contribution < 1.29 is 20.1 Å². The number of unbranched alkanes of at least 4 members (excludes halogenated alkanes) is 14. The fraction of sp³-hybridized carbons (Fsp3) is 0.788. The number of rotatable bonds is 27. The first-order valence-corrected chi connectivity index (χ1v) is 15.8. The fourth-order valence-electron chi connectivity index (χ4n) is 4.39. The molecular formula is C33H61NO4. The molecular weight excluding hydrogens is 474 g/mol. The Labute approximate surface area is 234 Å². The lowest BCUT2D eigenvalue weighted by molar-refractivity contribution is -0.124. The van der Waals surface area contributed by atoms with Crippen molar-refractivity contribution in [2.24, 2.45) is 0 Å². The molecule has 0 rings (SSSR count). The first-order chi connectivity index (χ1) is 18.5. The molecule has 0 saturated heterocycles. The van der Waals surface area contributed by atoms with Crippen LogP contribution in [0.1, 0.15) is 142 Å². The highest BCUT2D eigenvalue weighted by Gasteiger charge is 2.19. The molecule has 1 amide bonds. The van der Waals surface area contributed by atoms with Crippen molar-refractivity contribution in [2.45, 2.75) is 161 Å². The average molecular weight is 536 g/mol. The normalized spacial score (nSPS) is 14.6. The van der Waals surface area contributed by atoms with E-state index in [0.717, 1.165) is 51.4 Å². The molecule has 0 saturated carbocycles. The Morgan fingerprint density at radius 1 is 0.658 bits per heavy atom. The van der Waals surface area contributed by atoms with Gasteiger partial charge in [0.25, 0.3) is 0 Å². The number of aliphatic hydroxyl groups is 3. The Balaban J connectivity index is 3.89. The first kappa shape index (κ1) is 36.6. The summed E-state index contributed by atoms with van der Waals surface area (Å²) < 4.78 is 0. The summed E-state index contributed by atoms with van der Waals surface area (Å²) >= 11 is 0. The summed E-state index contributed by atoms with van der Waals surface area (Å²) in [5, 5.41) is 32.8. The molecule has 5 nitrogen and oxygen atoms in total. The molecule has 0 fully saturated rings. The smallest absolute Gasteiger partial charge is 0.222 e. The van der Waals surface area contributed by atoms with Gasteiger partial charge in [0.1, 0.15) is 0 Å². The van der Waals surface area contributed by atoms with Gasteiger partial charge in [-0.1, -0.05) is 121 Å². The average Bonchev–Trinajstić information content (AvgIpc) is 2.90. The zero-order valence-electron chi connectivity index (χ0n) is 24.8. The van der Waals surface area contributed by atoms with Crippen molar-refractivity contribution in [3.63, 3.8) is 0 Å². The molecule has 0 aliphatic heterocycles. The van der Waals surface area contributed by atoms with Crippen molar-refractivity contribution in [1.82, 2.24) is 5.32 Å². The molecule has 0 aromatic heterocycles. The van der Waals surface area contributed by atoms with Gasteiger partial charge in [0.15, 0.2) is 0 Å². The van der Waals surface area contributed by atoms with Crippen molar-refractivity contribution >= 4 is 5.91 Å². The van der Waals surface area contributed by atoms with E-state index in [-0.39, 0.29) is 18.9 Å². The molecule has 4 N–H and O–H groups in total. The maximum absolute atomic E-state index is 12.3. The van der Waals surface area contributed by atoms with Gasteiger partial charge < -0.3 is 20.6 Å². The van der Waals surface area contributed by atoms with Gasteiger partial charge >= 0.3 is 0 Å². The number of carbonyl (C=O) groups is 1. The van der Waals surface area contributed by atoms with E-state index in [4.69, 9.17) is 0 Å². The minimum Gasteiger partial charge on any atom is -0.394 e. The molecule has 3 unspecified atom stereocenters. The van der Waals surface area contributed by atoms with Gasteiger partial charge in [-0.2, -0.15) is 0 Å². The van der Waals surface area contributed by atoms with Crippen LogP contribution >= 0.6 is 0 Å². The molecule has 0 bridgehead atoms. The van der Waals surface area contributed by atoms with Crippen molar-refractivity contribution in [3.05, 3.63) is 36.5 Å². The van der Waals surface area contributed by atoms with Gasteiger partial charge in [0, 0.05) is 0 Å². The minimum absolute atomic E-state index is 0.00644. The second-order valence-corrected chi connectivity index (χ2v) is 10.7. The maximum Gasteiger partial charge on any atom is 0.222 e. The zero-order chi connectivity index (χ0) is 28.1. The molecule has 0 spiro atoms. The third-order valence-corrected chi connectivity index (χ3v) is 6.90. The molecule has 0 radical (unpaired) electrons. The summed E-state index contributed by atoms with van der Waals surface area (Å²) in [5.41, 5.74) is 0. The number of carbonyl (C=O) groups excluding carboxylic acids is 1. The van der Waals surface area contributed by atoms with Gasteiger partial charge in [0.05, 0.1) is 31.3 Å². The molecule has 222 valence electrons. The summed E-state index contributed by atoms with van der Waals surface area (Å²) in [6.45, 7) is 4.10. The van der Waals surface area contributed by atoms with Crippen LogP contribution in [-0.2, 0) is 4.79 Å². The van der Waals surface area contributed by atoms with E-state index in [2.05, 4.69) is 43.5 Å². The lowest BCUT2D eigenvalue weighted by Crippen LogP contribution is -2.45. The second kappa shape index (κ2) is 28.6. The van der Waals surface area contributed by atoms with Crippen LogP contribution in [0, 0.1) is 0 Å². The lowest BCUT2D eigenvalue weighted by Gasteiger charge is -2.20. The third kappa shape index (κ3) is 24.9. The van der Waals surface area contributed by atoms with Crippen molar-refractivity contribution in [3.8, 4) is 0 Å². The predicted octanol–water partition coefficient (Wildman–Crippen LogP) is 7.70. The van der Waals surface area contributed by atoms with Crippen LogP contribution in [0.15, 0.2) is 36.5 Å². The van der Waals surface area contributed by atoms with Crippen LogP contribution in [0.3, 0.4) is 0 Å². The van der Waals surface area contributed by atoms with E-state index >= 15 is 0 Å². The SMILES string of the molecule is CCCC/C=C\CCCCCC(O)CC(=O)NC(CO)C(O)/C=C/CC/C=C/CCCCCCCCCC. The first-order valence-electron chi connectivity index (χ1n) is 15.8. The van der Waals surface area contributed by atoms with Crippen LogP contribution in [0.4, 0.5) is 0 Å². The quantitative estimate of drug-likeness (QED) is 0.0641. The topological polar surface area (TPSA) is 89.8 Å². The molecule has 0 heterocycles. The van der Waals surface area contributed by atoms with E-state index < -0.39 is 18.2 Å². The minimum atomic E-state index is -0.951. The van der Waals surface area contributed by atoms with E-state index in [0.29, 0.717) is 6.42 Å². The Bertz CT molecular complexity index is 602. The van der Waals surface area contributed by atoms with Gasteiger partial charge in [0.2, 0.25) is 5.91 Å². The van der Waals surface area contributed by atoms with Crippen molar-refractivity contribution in [1.29, 1.82) is 0 Å². The van der Waals surface area contributed by atoms with Gasteiger partial charge in [-0.05, 0) is 51.4 Å². The summed E-state index contributed by atoms with van der Waals surface area (Å²) in [5.74, 6) is -0.341. The molecule has 38 heavy (non-hydrogen) atoms. The van der Waals surface area contributed by atoms with Crippen LogP contribution in [0.2, 0.25) is 0 Å². The zero-order valence-corrected chi connectivity index (χ0v) is 24.8. The summed E-state index contributed by atoms with van der Waals surface area (Å²) in [4.78, 5) is 12.3. The fourth-order valence-corrected chi connectivity index (χ4v) is 4.39. The monoisotopic (exact) mass is 535 g/mol. The van der Waals surface area contributed by atoms with Crippen LogP contribution < -0.4 is 5.32 Å². The second-order valence-electron chi connectivity index (χ2n) is 10.7. The van der Waals surface area contributed by atoms with Crippen LogP contribution in [0.25, 0.3) is 0 Å². The highest BCUT2D eigenvalue weighted by Crippen LogP contribution is 2.11. The van der Waals surface area contributed by atoms with Crippen LogP contribution in [-0.4, -0.2) is 46.1 Å². The Morgan fingerprint density at radius 3 is 1.76 bits per heavy atom. The Hall–Kier alpha value is -1.43. The molecule has 5 heteroatoms. The number of allylic oxidation sites excluding steroid dienone is 5. The third-order valence-electron chi connectivity index (χ3n) is 6.90. The summed E-state index contributed by atoms with van der Waals surface area (Å²) in [6, 6.07) is -0.761. The Morgan fingerprint density at radius 2 is 1.16 bits per heavy atom. The Kier molecular flexibility index (Phi) is 27.5. The summed E-state index contributed by atoms with van der Waals surface area (Å²) in [6.07, 6.45) is 32.7. The van der Waals surface area contributed by atoms with Gasteiger partial charge in [-0.3, -0.25) is 4.79 Å². The van der Waals surface area contributed by atoms with E-state index in [9.17, 15) is 20.1 Å². The number of hydrogen-bond donors (Lipinski definition) is 4. The highest BCUT2D eigenvalue weighted by molar-refractivity contribution is 5.76. The number of amides is 1.